The van der Waals surface area contributed by atoms with Crippen molar-refractivity contribution in [2.45, 2.75) is 0 Å². The van der Waals surface area contributed by atoms with Gasteiger partial charge in [0.15, 0.2) is 0 Å². The average Bonchev–Trinajstić information content (AvgIpc) is 2.81. The molecule has 4 nitrogen and oxygen atoms in total. The lowest BCUT2D eigenvalue weighted by molar-refractivity contribution is 0.0601. The van der Waals surface area contributed by atoms with Crippen LogP contribution >= 0.6 is 0 Å². The van der Waals surface area contributed by atoms with Crippen LogP contribution in [0.15, 0.2) is 41.1 Å². The van der Waals surface area contributed by atoms with E-state index in [0.29, 0.717) is 16.8 Å². The highest BCUT2D eigenvalue weighted by molar-refractivity contribution is 5.96. The van der Waals surface area contributed by atoms with Crippen LogP contribution in [0.1, 0.15) is 10.4 Å². The molecule has 0 atom stereocenters. The van der Waals surface area contributed by atoms with Gasteiger partial charge in [0.1, 0.15) is 12.0 Å². The molecular formula is C11H9NO3. The second-order valence-corrected chi connectivity index (χ2v) is 2.92. The van der Waals surface area contributed by atoms with Crippen LogP contribution in [0.5, 0.6) is 0 Å². The topological polar surface area (TPSA) is 52.3 Å². The molecule has 0 spiro atoms. The summed E-state index contributed by atoms with van der Waals surface area (Å²) in [7, 11) is 1.35. The number of benzene rings is 1. The minimum absolute atomic E-state index is 0.381. The minimum Gasteiger partial charge on any atom is -0.465 e. The molecular weight excluding hydrogens is 194 g/mol. The van der Waals surface area contributed by atoms with Gasteiger partial charge < -0.3 is 9.26 Å². The predicted octanol–water partition coefficient (Wildman–Crippen LogP) is 2.13. The highest BCUT2D eigenvalue weighted by atomic mass is 16.5. The van der Waals surface area contributed by atoms with E-state index in [4.69, 9.17) is 4.52 Å². The number of methoxy groups -OCH3 is 1. The van der Waals surface area contributed by atoms with Crippen LogP contribution in [0.4, 0.5) is 0 Å². The van der Waals surface area contributed by atoms with E-state index in [-0.39, 0.29) is 5.97 Å². The minimum atomic E-state index is -0.381. The Morgan fingerprint density at radius 3 is 2.80 bits per heavy atom. The number of carbonyl (C=O) groups excluding carboxylic acids is 1. The van der Waals surface area contributed by atoms with Crippen molar-refractivity contribution >= 4 is 5.97 Å². The fourth-order valence-corrected chi connectivity index (χ4v) is 1.35. The fraction of sp³-hybridized carbons (Fsp3) is 0.0909. The largest absolute Gasteiger partial charge is 0.465 e. The molecule has 0 aliphatic rings. The van der Waals surface area contributed by atoms with E-state index in [1.54, 1.807) is 24.3 Å². The summed E-state index contributed by atoms with van der Waals surface area (Å²) in [6.45, 7) is 0. The van der Waals surface area contributed by atoms with Gasteiger partial charge in [0.25, 0.3) is 0 Å². The molecule has 0 saturated carbocycles. The molecule has 0 aliphatic carbocycles. The lowest BCUT2D eigenvalue weighted by Crippen LogP contribution is -2.03. The van der Waals surface area contributed by atoms with Gasteiger partial charge in [0.05, 0.1) is 12.7 Å². The molecule has 0 unspecified atom stereocenters. The Bertz CT molecular complexity index is 462. The number of rotatable bonds is 2. The molecule has 1 heterocycles. The second-order valence-electron chi connectivity index (χ2n) is 2.92. The summed E-state index contributed by atoms with van der Waals surface area (Å²) < 4.78 is 9.41. The van der Waals surface area contributed by atoms with E-state index in [2.05, 4.69) is 9.89 Å². The van der Waals surface area contributed by atoms with E-state index in [1.807, 2.05) is 6.07 Å². The van der Waals surface area contributed by atoms with Gasteiger partial charge in [0.2, 0.25) is 0 Å². The van der Waals surface area contributed by atoms with Crippen molar-refractivity contribution in [1.82, 2.24) is 5.16 Å². The molecule has 0 bridgehead atoms. The van der Waals surface area contributed by atoms with Crippen molar-refractivity contribution in [2.24, 2.45) is 0 Å². The van der Waals surface area contributed by atoms with Gasteiger partial charge in [-0.15, -0.1) is 0 Å². The number of carbonyl (C=O) groups is 1. The van der Waals surface area contributed by atoms with Crippen molar-refractivity contribution in [3.05, 3.63) is 42.2 Å². The molecule has 2 aromatic rings. The molecule has 0 fully saturated rings. The van der Waals surface area contributed by atoms with E-state index < -0.39 is 0 Å². The molecule has 2 rings (SSSR count). The van der Waals surface area contributed by atoms with Crippen LogP contribution in [-0.2, 0) is 4.74 Å². The standard InChI is InChI=1S/C11H9NO3/c1-14-11(13)9-5-3-2-4-8(9)10-6-7-15-12-10/h2-7H,1H3. The van der Waals surface area contributed by atoms with Gasteiger partial charge in [-0.25, -0.2) is 4.79 Å². The lowest BCUT2D eigenvalue weighted by atomic mass is 10.1. The van der Waals surface area contributed by atoms with Crippen molar-refractivity contribution < 1.29 is 14.1 Å². The Hall–Kier alpha value is -2.10. The first-order valence-electron chi connectivity index (χ1n) is 4.41. The van der Waals surface area contributed by atoms with Crippen LogP contribution in [-0.4, -0.2) is 18.2 Å². The van der Waals surface area contributed by atoms with Gasteiger partial charge in [-0.3, -0.25) is 0 Å². The number of aromatic nitrogens is 1. The van der Waals surface area contributed by atoms with Crippen molar-refractivity contribution in [2.75, 3.05) is 7.11 Å². The number of ether oxygens (including phenoxy) is 1. The number of hydrogen-bond donors (Lipinski definition) is 0. The summed E-state index contributed by atoms with van der Waals surface area (Å²) in [5.74, 6) is -0.381. The summed E-state index contributed by atoms with van der Waals surface area (Å²) in [4.78, 5) is 11.4. The van der Waals surface area contributed by atoms with E-state index in [9.17, 15) is 4.79 Å². The normalized spacial score (nSPS) is 9.93. The molecule has 76 valence electrons. The summed E-state index contributed by atoms with van der Waals surface area (Å²) in [6, 6.07) is 8.79. The predicted molar refractivity (Wildman–Crippen MR) is 53.3 cm³/mol. The zero-order valence-corrected chi connectivity index (χ0v) is 8.14. The molecule has 0 aliphatic heterocycles. The molecule has 0 amide bonds. The lowest BCUT2D eigenvalue weighted by Gasteiger charge is -2.03. The van der Waals surface area contributed by atoms with Crippen molar-refractivity contribution in [3.8, 4) is 11.3 Å². The van der Waals surface area contributed by atoms with Gasteiger partial charge >= 0.3 is 5.97 Å². The fourth-order valence-electron chi connectivity index (χ4n) is 1.35. The SMILES string of the molecule is COC(=O)c1ccccc1-c1ccon1. The van der Waals surface area contributed by atoms with Gasteiger partial charge in [-0.2, -0.15) is 0 Å². The van der Waals surface area contributed by atoms with Crippen molar-refractivity contribution in [1.29, 1.82) is 0 Å². The number of hydrogen-bond acceptors (Lipinski definition) is 4. The summed E-state index contributed by atoms with van der Waals surface area (Å²) in [5.41, 5.74) is 1.81. The van der Waals surface area contributed by atoms with Crippen molar-refractivity contribution in [3.63, 3.8) is 0 Å². The maximum Gasteiger partial charge on any atom is 0.338 e. The molecule has 1 aromatic carbocycles. The Labute approximate surface area is 86.5 Å². The van der Waals surface area contributed by atoms with E-state index >= 15 is 0 Å². The quantitative estimate of drug-likeness (QED) is 0.701. The average molecular weight is 203 g/mol. The van der Waals surface area contributed by atoms with E-state index in [0.717, 1.165) is 0 Å². The van der Waals surface area contributed by atoms with Crippen LogP contribution in [0, 0.1) is 0 Å². The summed E-state index contributed by atoms with van der Waals surface area (Å²) in [5, 5.41) is 3.78. The highest BCUT2D eigenvalue weighted by Crippen LogP contribution is 2.22. The maximum absolute atomic E-state index is 11.4. The van der Waals surface area contributed by atoms with Crippen LogP contribution in [0.25, 0.3) is 11.3 Å². The third-order valence-electron chi connectivity index (χ3n) is 2.05. The molecule has 15 heavy (non-hydrogen) atoms. The molecule has 1 aromatic heterocycles. The van der Waals surface area contributed by atoms with Crippen LogP contribution in [0.2, 0.25) is 0 Å². The van der Waals surface area contributed by atoms with Crippen LogP contribution in [0.3, 0.4) is 0 Å². The smallest absolute Gasteiger partial charge is 0.338 e. The first-order valence-corrected chi connectivity index (χ1v) is 4.41. The zero-order chi connectivity index (χ0) is 10.7. The Morgan fingerprint density at radius 2 is 2.13 bits per heavy atom. The van der Waals surface area contributed by atoms with E-state index in [1.165, 1.54) is 13.4 Å². The molecule has 0 radical (unpaired) electrons. The summed E-state index contributed by atoms with van der Waals surface area (Å²) in [6.07, 6.45) is 1.46. The third-order valence-corrected chi connectivity index (χ3v) is 2.05. The zero-order valence-electron chi connectivity index (χ0n) is 8.14. The van der Waals surface area contributed by atoms with Gasteiger partial charge in [-0.05, 0) is 6.07 Å². The summed E-state index contributed by atoms with van der Waals surface area (Å²) >= 11 is 0. The Morgan fingerprint density at radius 1 is 1.33 bits per heavy atom. The Balaban J connectivity index is 2.52. The molecule has 0 saturated heterocycles. The van der Waals surface area contributed by atoms with Gasteiger partial charge in [-0.1, -0.05) is 23.4 Å². The Kier molecular flexibility index (Phi) is 2.49. The second kappa shape index (κ2) is 3.96. The first-order chi connectivity index (χ1) is 7.33. The molecule has 4 heteroatoms. The highest BCUT2D eigenvalue weighted by Gasteiger charge is 2.13. The van der Waals surface area contributed by atoms with Crippen LogP contribution < -0.4 is 0 Å². The molecule has 0 N–H and O–H groups in total. The maximum atomic E-state index is 11.4. The first kappa shape index (κ1) is 9.45. The number of nitrogens with zero attached hydrogens (tertiary/aromatic N) is 1. The number of esters is 1. The third kappa shape index (κ3) is 1.74. The van der Waals surface area contributed by atoms with Gasteiger partial charge in [0, 0.05) is 11.6 Å². The monoisotopic (exact) mass is 203 g/mol.